The van der Waals surface area contributed by atoms with Crippen molar-refractivity contribution in [2.75, 3.05) is 31.1 Å². The lowest BCUT2D eigenvalue weighted by molar-refractivity contribution is -0.130. The third kappa shape index (κ3) is 3.27. The molecular weight excluding hydrogens is 340 g/mol. The Morgan fingerprint density at radius 1 is 1.11 bits per heavy atom. The maximum Gasteiger partial charge on any atom is 0.228 e. The van der Waals surface area contributed by atoms with Crippen molar-refractivity contribution in [2.24, 2.45) is 0 Å². The zero-order valence-corrected chi connectivity index (χ0v) is 15.2. The first kappa shape index (κ1) is 16.3. The molecule has 1 aliphatic carbocycles. The SMILES string of the molecule is O=C(Cc1coc(C2CC2)n1)N1CCN(c2cncc3ccccc23)CC1. The lowest BCUT2D eigenvalue weighted by Gasteiger charge is -2.36. The third-order valence-corrected chi connectivity index (χ3v) is 5.45. The molecule has 1 amide bonds. The van der Waals surface area contributed by atoms with Crippen LogP contribution in [0.15, 0.2) is 47.3 Å². The summed E-state index contributed by atoms with van der Waals surface area (Å²) >= 11 is 0. The molecule has 1 saturated heterocycles. The van der Waals surface area contributed by atoms with Crippen molar-refractivity contribution in [3.63, 3.8) is 0 Å². The van der Waals surface area contributed by atoms with Gasteiger partial charge in [0.05, 0.1) is 24.0 Å². The highest BCUT2D eigenvalue weighted by molar-refractivity contribution is 5.93. The lowest BCUT2D eigenvalue weighted by Crippen LogP contribution is -2.49. The molecule has 2 aromatic heterocycles. The topological polar surface area (TPSA) is 62.5 Å². The minimum Gasteiger partial charge on any atom is -0.448 e. The van der Waals surface area contributed by atoms with Crippen LogP contribution in [0.5, 0.6) is 0 Å². The van der Waals surface area contributed by atoms with Gasteiger partial charge in [0.15, 0.2) is 5.89 Å². The average molecular weight is 362 g/mol. The number of benzene rings is 1. The number of fused-ring (bicyclic) bond motifs is 1. The third-order valence-electron chi connectivity index (χ3n) is 5.45. The number of aromatic nitrogens is 2. The van der Waals surface area contributed by atoms with Gasteiger partial charge in [0, 0.05) is 49.1 Å². The first-order valence-electron chi connectivity index (χ1n) is 9.58. The van der Waals surface area contributed by atoms with Gasteiger partial charge >= 0.3 is 0 Å². The number of carbonyl (C=O) groups is 1. The van der Waals surface area contributed by atoms with Crippen LogP contribution >= 0.6 is 0 Å². The molecule has 0 N–H and O–H groups in total. The zero-order valence-electron chi connectivity index (χ0n) is 15.2. The molecule has 1 saturated carbocycles. The zero-order chi connectivity index (χ0) is 18.2. The lowest BCUT2D eigenvalue weighted by atomic mass is 10.1. The normalized spacial score (nSPS) is 17.5. The van der Waals surface area contributed by atoms with Crippen LogP contribution in [-0.2, 0) is 11.2 Å². The van der Waals surface area contributed by atoms with Crippen LogP contribution in [0.2, 0.25) is 0 Å². The summed E-state index contributed by atoms with van der Waals surface area (Å²) < 4.78 is 5.50. The Bertz CT molecular complexity index is 966. The van der Waals surface area contributed by atoms with Gasteiger partial charge in [-0.1, -0.05) is 24.3 Å². The second kappa shape index (κ2) is 6.68. The van der Waals surface area contributed by atoms with E-state index < -0.39 is 0 Å². The molecule has 6 nitrogen and oxygen atoms in total. The van der Waals surface area contributed by atoms with Crippen molar-refractivity contribution >= 4 is 22.4 Å². The van der Waals surface area contributed by atoms with E-state index in [-0.39, 0.29) is 5.91 Å². The van der Waals surface area contributed by atoms with Crippen LogP contribution in [0, 0.1) is 0 Å². The number of carbonyl (C=O) groups excluding carboxylic acids is 1. The number of amides is 1. The van der Waals surface area contributed by atoms with E-state index in [1.165, 1.54) is 5.39 Å². The smallest absolute Gasteiger partial charge is 0.228 e. The molecule has 1 aromatic carbocycles. The van der Waals surface area contributed by atoms with Crippen LogP contribution in [0.25, 0.3) is 10.8 Å². The van der Waals surface area contributed by atoms with E-state index in [1.807, 2.05) is 23.4 Å². The molecule has 0 bridgehead atoms. The number of oxazole rings is 1. The van der Waals surface area contributed by atoms with E-state index in [0.717, 1.165) is 61.7 Å². The maximum atomic E-state index is 12.6. The van der Waals surface area contributed by atoms with Crippen molar-refractivity contribution < 1.29 is 9.21 Å². The summed E-state index contributed by atoms with van der Waals surface area (Å²) in [6, 6.07) is 8.30. The average Bonchev–Trinajstić information content (AvgIpc) is 3.47. The van der Waals surface area contributed by atoms with Crippen molar-refractivity contribution in [2.45, 2.75) is 25.2 Å². The van der Waals surface area contributed by atoms with Crippen LogP contribution < -0.4 is 4.90 Å². The molecule has 0 unspecified atom stereocenters. The quantitative estimate of drug-likeness (QED) is 0.714. The number of hydrogen-bond acceptors (Lipinski definition) is 5. The number of hydrogen-bond donors (Lipinski definition) is 0. The highest BCUT2D eigenvalue weighted by Crippen LogP contribution is 2.39. The molecular formula is C21H22N4O2. The minimum absolute atomic E-state index is 0.126. The summed E-state index contributed by atoms with van der Waals surface area (Å²) in [7, 11) is 0. The van der Waals surface area contributed by atoms with Crippen LogP contribution in [0.3, 0.4) is 0 Å². The summed E-state index contributed by atoms with van der Waals surface area (Å²) in [4.78, 5) is 25.7. The molecule has 3 aromatic rings. The molecule has 6 heteroatoms. The molecule has 1 aliphatic heterocycles. The molecule has 0 atom stereocenters. The van der Waals surface area contributed by atoms with E-state index in [4.69, 9.17) is 4.42 Å². The van der Waals surface area contributed by atoms with E-state index >= 15 is 0 Å². The Labute approximate surface area is 157 Å². The predicted molar refractivity (Wildman–Crippen MR) is 103 cm³/mol. The molecule has 5 rings (SSSR count). The summed E-state index contributed by atoms with van der Waals surface area (Å²) in [5, 5.41) is 2.36. The van der Waals surface area contributed by atoms with Gasteiger partial charge in [-0.15, -0.1) is 0 Å². The molecule has 138 valence electrons. The molecule has 2 fully saturated rings. The van der Waals surface area contributed by atoms with Gasteiger partial charge < -0.3 is 14.2 Å². The molecule has 3 heterocycles. The van der Waals surface area contributed by atoms with E-state index in [2.05, 4.69) is 33.1 Å². The highest BCUT2D eigenvalue weighted by Gasteiger charge is 2.29. The van der Waals surface area contributed by atoms with E-state index in [9.17, 15) is 4.79 Å². The summed E-state index contributed by atoms with van der Waals surface area (Å²) in [6.07, 6.45) is 8.09. The Kier molecular flexibility index (Phi) is 4.03. The molecule has 0 radical (unpaired) electrons. The Morgan fingerprint density at radius 3 is 2.74 bits per heavy atom. The number of nitrogens with zero attached hydrogens (tertiary/aromatic N) is 4. The molecule has 27 heavy (non-hydrogen) atoms. The maximum absolute atomic E-state index is 12.6. The van der Waals surface area contributed by atoms with Crippen LogP contribution in [0.1, 0.15) is 30.3 Å². The van der Waals surface area contributed by atoms with E-state index in [1.54, 1.807) is 6.26 Å². The molecule has 0 spiro atoms. The van der Waals surface area contributed by atoms with Gasteiger partial charge in [-0.2, -0.15) is 0 Å². The summed E-state index contributed by atoms with van der Waals surface area (Å²) in [5.74, 6) is 1.40. The number of rotatable bonds is 4. The monoisotopic (exact) mass is 362 g/mol. The number of anilines is 1. The van der Waals surface area contributed by atoms with Crippen molar-refractivity contribution in [3.8, 4) is 0 Å². The fourth-order valence-corrected chi connectivity index (χ4v) is 3.74. The van der Waals surface area contributed by atoms with Gasteiger partial charge in [-0.3, -0.25) is 9.78 Å². The second-order valence-corrected chi connectivity index (χ2v) is 7.38. The van der Waals surface area contributed by atoms with Crippen molar-refractivity contribution in [1.82, 2.24) is 14.9 Å². The number of piperazine rings is 1. The van der Waals surface area contributed by atoms with Crippen LogP contribution in [-0.4, -0.2) is 47.0 Å². The van der Waals surface area contributed by atoms with Crippen molar-refractivity contribution in [1.29, 1.82) is 0 Å². The Hall–Kier alpha value is -2.89. The Morgan fingerprint density at radius 2 is 1.93 bits per heavy atom. The first-order valence-corrected chi connectivity index (χ1v) is 9.58. The fourth-order valence-electron chi connectivity index (χ4n) is 3.74. The fraction of sp³-hybridized carbons (Fsp3) is 0.381. The van der Waals surface area contributed by atoms with Crippen molar-refractivity contribution in [3.05, 3.63) is 54.5 Å². The van der Waals surface area contributed by atoms with Gasteiger partial charge in [0.2, 0.25) is 5.91 Å². The number of pyridine rings is 1. The minimum atomic E-state index is 0.126. The summed E-state index contributed by atoms with van der Waals surface area (Å²) in [6.45, 7) is 3.06. The Balaban J connectivity index is 1.23. The summed E-state index contributed by atoms with van der Waals surface area (Å²) in [5.41, 5.74) is 1.90. The predicted octanol–water partition coefficient (Wildman–Crippen LogP) is 2.99. The highest BCUT2D eigenvalue weighted by atomic mass is 16.3. The van der Waals surface area contributed by atoms with Gasteiger partial charge in [-0.05, 0) is 12.8 Å². The second-order valence-electron chi connectivity index (χ2n) is 7.38. The van der Waals surface area contributed by atoms with Gasteiger partial charge in [-0.25, -0.2) is 4.98 Å². The molecule has 2 aliphatic rings. The van der Waals surface area contributed by atoms with Gasteiger partial charge in [0.1, 0.15) is 6.26 Å². The van der Waals surface area contributed by atoms with E-state index in [0.29, 0.717) is 12.3 Å². The largest absolute Gasteiger partial charge is 0.448 e. The van der Waals surface area contributed by atoms with Gasteiger partial charge in [0.25, 0.3) is 0 Å². The standard InChI is InChI=1S/C21H22N4O2/c26-20(11-17-14-27-21(23-17)15-5-6-15)25-9-7-24(8-10-25)19-13-22-12-16-3-1-2-4-18(16)19/h1-4,12-15H,5-11H2. The van der Waals surface area contributed by atoms with Crippen LogP contribution in [0.4, 0.5) is 5.69 Å². The first-order chi connectivity index (χ1) is 13.3.